The van der Waals surface area contributed by atoms with E-state index in [1.165, 1.54) is 0 Å². The number of nitrogens with zero attached hydrogens (tertiary/aromatic N) is 1. The molecule has 0 atom stereocenters. The highest BCUT2D eigenvalue weighted by atomic mass is 35.5. The Morgan fingerprint density at radius 1 is 1.28 bits per heavy atom. The average molecular weight is 270 g/mol. The Kier molecular flexibility index (Phi) is 5.29. The van der Waals surface area contributed by atoms with Crippen LogP contribution in [0.4, 0.5) is 0 Å². The zero-order valence-corrected chi connectivity index (χ0v) is 11.3. The van der Waals surface area contributed by atoms with E-state index in [1.54, 1.807) is 0 Å². The van der Waals surface area contributed by atoms with E-state index < -0.39 is 0 Å². The van der Waals surface area contributed by atoms with Gasteiger partial charge in [-0.1, -0.05) is 23.7 Å². The van der Waals surface area contributed by atoms with E-state index in [0.29, 0.717) is 24.2 Å². The molecule has 1 N–H and O–H groups in total. The summed E-state index contributed by atoms with van der Waals surface area (Å²) in [5.41, 5.74) is 0. The first kappa shape index (κ1) is 13.7. The van der Waals surface area contributed by atoms with E-state index in [4.69, 9.17) is 21.4 Å². The Hall–Kier alpha value is -0.770. The van der Waals surface area contributed by atoms with Crippen LogP contribution in [0, 0.1) is 5.92 Å². The second-order valence-corrected chi connectivity index (χ2v) is 5.15. The summed E-state index contributed by atoms with van der Waals surface area (Å²) in [6.07, 6.45) is 2.17. The molecule has 1 heterocycles. The maximum absolute atomic E-state index is 9.07. The second-order valence-electron chi connectivity index (χ2n) is 4.75. The fourth-order valence-corrected chi connectivity index (χ4v) is 2.43. The zero-order chi connectivity index (χ0) is 12.8. The molecule has 18 heavy (non-hydrogen) atoms. The molecule has 0 saturated carbocycles. The third-order valence-electron chi connectivity index (χ3n) is 3.47. The van der Waals surface area contributed by atoms with Gasteiger partial charge in [-0.25, -0.2) is 0 Å². The Balaban J connectivity index is 1.69. The Morgan fingerprint density at radius 3 is 2.67 bits per heavy atom. The monoisotopic (exact) mass is 269 g/mol. The summed E-state index contributed by atoms with van der Waals surface area (Å²) >= 11 is 6.02. The minimum Gasteiger partial charge on any atom is -0.491 e. The smallest absolute Gasteiger partial charge is 0.137 e. The third kappa shape index (κ3) is 3.87. The van der Waals surface area contributed by atoms with Crippen molar-refractivity contribution >= 4 is 11.6 Å². The Morgan fingerprint density at radius 2 is 2.00 bits per heavy atom. The van der Waals surface area contributed by atoms with Crippen LogP contribution >= 0.6 is 11.6 Å². The number of para-hydroxylation sites is 1. The van der Waals surface area contributed by atoms with Crippen molar-refractivity contribution in [3.05, 3.63) is 29.3 Å². The van der Waals surface area contributed by atoms with Gasteiger partial charge in [0.25, 0.3) is 0 Å². The molecule has 0 unspecified atom stereocenters. The average Bonchev–Trinajstić information content (AvgIpc) is 2.42. The van der Waals surface area contributed by atoms with Crippen LogP contribution in [-0.4, -0.2) is 42.9 Å². The SMILES string of the molecule is OCC1CCN(CCOc2ccccc2Cl)CC1. The van der Waals surface area contributed by atoms with Crippen molar-refractivity contribution in [2.24, 2.45) is 5.92 Å². The summed E-state index contributed by atoms with van der Waals surface area (Å²) in [5, 5.41) is 9.74. The number of rotatable bonds is 5. The number of piperidine rings is 1. The molecule has 0 spiro atoms. The second kappa shape index (κ2) is 6.98. The van der Waals surface area contributed by atoms with Gasteiger partial charge in [0, 0.05) is 13.2 Å². The van der Waals surface area contributed by atoms with Gasteiger partial charge < -0.3 is 9.84 Å². The molecule has 2 rings (SSSR count). The summed E-state index contributed by atoms with van der Waals surface area (Å²) in [4.78, 5) is 2.38. The highest BCUT2D eigenvalue weighted by molar-refractivity contribution is 6.32. The number of aliphatic hydroxyl groups is 1. The number of aliphatic hydroxyl groups excluding tert-OH is 1. The van der Waals surface area contributed by atoms with Gasteiger partial charge in [-0.05, 0) is 44.0 Å². The number of likely N-dealkylation sites (tertiary alicyclic amines) is 1. The molecule has 0 amide bonds. The van der Waals surface area contributed by atoms with Crippen molar-refractivity contribution in [3.63, 3.8) is 0 Å². The molecule has 1 fully saturated rings. The van der Waals surface area contributed by atoms with Crippen LogP contribution in [0.2, 0.25) is 5.02 Å². The third-order valence-corrected chi connectivity index (χ3v) is 3.78. The number of hydrogen-bond acceptors (Lipinski definition) is 3. The van der Waals surface area contributed by atoms with Gasteiger partial charge in [0.05, 0.1) is 5.02 Å². The van der Waals surface area contributed by atoms with Crippen LogP contribution < -0.4 is 4.74 Å². The van der Waals surface area contributed by atoms with Gasteiger partial charge in [-0.15, -0.1) is 0 Å². The predicted octanol–water partition coefficient (Wildman–Crippen LogP) is 2.42. The predicted molar refractivity (Wildman–Crippen MR) is 73.2 cm³/mol. The number of hydrogen-bond donors (Lipinski definition) is 1. The quantitative estimate of drug-likeness (QED) is 0.891. The molecule has 3 nitrogen and oxygen atoms in total. The number of ether oxygens (including phenoxy) is 1. The van der Waals surface area contributed by atoms with Crippen molar-refractivity contribution in [1.82, 2.24) is 4.90 Å². The molecule has 1 aromatic carbocycles. The first-order chi connectivity index (χ1) is 8.79. The first-order valence-electron chi connectivity index (χ1n) is 6.50. The van der Waals surface area contributed by atoms with Crippen LogP contribution in [0.3, 0.4) is 0 Å². The van der Waals surface area contributed by atoms with E-state index in [0.717, 1.165) is 38.2 Å². The summed E-state index contributed by atoms with van der Waals surface area (Å²) in [5.74, 6) is 1.25. The molecule has 1 aliphatic rings. The molecule has 0 radical (unpaired) electrons. The standard InChI is InChI=1S/C14H20ClNO2/c15-13-3-1-2-4-14(13)18-10-9-16-7-5-12(11-17)6-8-16/h1-4,12,17H,5-11H2. The lowest BCUT2D eigenvalue weighted by Crippen LogP contribution is -2.37. The summed E-state index contributed by atoms with van der Waals surface area (Å²) in [6.45, 7) is 4.01. The van der Waals surface area contributed by atoms with Crippen molar-refractivity contribution in [3.8, 4) is 5.75 Å². The van der Waals surface area contributed by atoms with Crippen LogP contribution in [0.5, 0.6) is 5.75 Å². The maximum Gasteiger partial charge on any atom is 0.137 e. The fraction of sp³-hybridized carbons (Fsp3) is 0.571. The highest BCUT2D eigenvalue weighted by Crippen LogP contribution is 2.23. The lowest BCUT2D eigenvalue weighted by molar-refractivity contribution is 0.119. The molecular formula is C14H20ClNO2. The van der Waals surface area contributed by atoms with Gasteiger partial charge >= 0.3 is 0 Å². The lowest BCUT2D eigenvalue weighted by Gasteiger charge is -2.30. The molecule has 1 saturated heterocycles. The number of benzene rings is 1. The van der Waals surface area contributed by atoms with Crippen LogP contribution in [0.15, 0.2) is 24.3 Å². The number of halogens is 1. The topological polar surface area (TPSA) is 32.7 Å². The van der Waals surface area contributed by atoms with E-state index in [1.807, 2.05) is 24.3 Å². The van der Waals surface area contributed by atoms with Gasteiger partial charge in [-0.3, -0.25) is 4.90 Å². The van der Waals surface area contributed by atoms with Gasteiger partial charge in [0.15, 0.2) is 0 Å². The van der Waals surface area contributed by atoms with E-state index >= 15 is 0 Å². The molecule has 4 heteroatoms. The Labute approximate surface area is 113 Å². The first-order valence-corrected chi connectivity index (χ1v) is 6.88. The minimum absolute atomic E-state index is 0.323. The molecule has 100 valence electrons. The molecule has 0 bridgehead atoms. The Bertz CT molecular complexity index is 365. The molecule has 1 aromatic rings. The van der Waals surface area contributed by atoms with Crippen LogP contribution in [0.25, 0.3) is 0 Å². The zero-order valence-electron chi connectivity index (χ0n) is 10.5. The highest BCUT2D eigenvalue weighted by Gasteiger charge is 2.17. The maximum atomic E-state index is 9.07. The lowest BCUT2D eigenvalue weighted by atomic mass is 9.98. The summed E-state index contributed by atoms with van der Waals surface area (Å²) in [6, 6.07) is 7.55. The molecule has 0 aliphatic carbocycles. The molecule has 1 aliphatic heterocycles. The molecule has 0 aromatic heterocycles. The molecular weight excluding hydrogens is 250 g/mol. The van der Waals surface area contributed by atoms with Crippen LogP contribution in [-0.2, 0) is 0 Å². The minimum atomic E-state index is 0.323. The van der Waals surface area contributed by atoms with E-state index in [2.05, 4.69) is 4.90 Å². The van der Waals surface area contributed by atoms with Gasteiger partial charge in [-0.2, -0.15) is 0 Å². The van der Waals surface area contributed by atoms with Crippen molar-refractivity contribution in [1.29, 1.82) is 0 Å². The van der Waals surface area contributed by atoms with Crippen molar-refractivity contribution in [2.75, 3.05) is 32.8 Å². The normalized spacial score (nSPS) is 17.9. The van der Waals surface area contributed by atoms with Gasteiger partial charge in [0.1, 0.15) is 12.4 Å². The van der Waals surface area contributed by atoms with Crippen molar-refractivity contribution in [2.45, 2.75) is 12.8 Å². The van der Waals surface area contributed by atoms with E-state index in [-0.39, 0.29) is 0 Å². The van der Waals surface area contributed by atoms with Crippen molar-refractivity contribution < 1.29 is 9.84 Å². The summed E-state index contributed by atoms with van der Waals surface area (Å²) < 4.78 is 5.67. The van der Waals surface area contributed by atoms with Crippen LogP contribution in [0.1, 0.15) is 12.8 Å². The summed E-state index contributed by atoms with van der Waals surface area (Å²) in [7, 11) is 0. The fourth-order valence-electron chi connectivity index (χ4n) is 2.24. The van der Waals surface area contributed by atoms with Gasteiger partial charge in [0.2, 0.25) is 0 Å². The largest absolute Gasteiger partial charge is 0.491 e. The van der Waals surface area contributed by atoms with E-state index in [9.17, 15) is 0 Å².